The maximum Gasteiger partial charge on any atom is 0.107 e. The molecule has 0 aliphatic heterocycles. The van der Waals surface area contributed by atoms with E-state index in [0.29, 0.717) is 0 Å². The summed E-state index contributed by atoms with van der Waals surface area (Å²) in [5, 5.41) is 9.53. The standard InChI is InChI=1S/C14H16BrNS/c15-12-7-3-4-8-13(12)17-14(11-16)9-5-1-2-6-10-14/h3-4,7-8H,1-2,5-6,9-10H2. The maximum atomic E-state index is 9.53. The maximum absolute atomic E-state index is 9.53. The van der Waals surface area contributed by atoms with Crippen LogP contribution in [-0.2, 0) is 0 Å². The van der Waals surface area contributed by atoms with Crippen molar-refractivity contribution >= 4 is 27.7 Å². The van der Waals surface area contributed by atoms with Gasteiger partial charge < -0.3 is 0 Å². The molecule has 1 nitrogen and oxygen atoms in total. The van der Waals surface area contributed by atoms with Crippen molar-refractivity contribution in [3.05, 3.63) is 28.7 Å². The molecule has 0 bridgehead atoms. The Bertz CT molecular complexity index is 416. The van der Waals surface area contributed by atoms with Gasteiger partial charge in [-0.2, -0.15) is 5.26 Å². The van der Waals surface area contributed by atoms with Crippen LogP contribution in [0.2, 0.25) is 0 Å². The third kappa shape index (κ3) is 3.26. The van der Waals surface area contributed by atoms with Gasteiger partial charge in [0.15, 0.2) is 0 Å². The molecule has 0 unspecified atom stereocenters. The predicted octanol–water partition coefficient (Wildman–Crippen LogP) is 5.16. The van der Waals surface area contributed by atoms with E-state index in [1.807, 2.05) is 18.2 Å². The Morgan fingerprint density at radius 2 is 1.76 bits per heavy atom. The Kier molecular flexibility index (Phi) is 4.53. The van der Waals surface area contributed by atoms with Gasteiger partial charge in [0.1, 0.15) is 4.75 Å². The quantitative estimate of drug-likeness (QED) is 0.705. The number of benzene rings is 1. The number of thioether (sulfide) groups is 1. The lowest BCUT2D eigenvalue weighted by Crippen LogP contribution is -2.21. The van der Waals surface area contributed by atoms with Crippen LogP contribution in [0.5, 0.6) is 0 Å². The van der Waals surface area contributed by atoms with Crippen LogP contribution in [0, 0.1) is 11.3 Å². The lowest BCUT2D eigenvalue weighted by molar-refractivity contribution is 0.618. The third-order valence-corrected chi connectivity index (χ3v) is 5.68. The third-order valence-electron chi connectivity index (χ3n) is 3.26. The topological polar surface area (TPSA) is 23.8 Å². The highest BCUT2D eigenvalue weighted by atomic mass is 79.9. The van der Waals surface area contributed by atoms with E-state index < -0.39 is 0 Å². The van der Waals surface area contributed by atoms with Crippen LogP contribution in [-0.4, -0.2) is 4.75 Å². The largest absolute Gasteiger partial charge is 0.197 e. The second kappa shape index (κ2) is 5.93. The molecule has 0 spiro atoms. The van der Waals surface area contributed by atoms with Gasteiger partial charge in [0.2, 0.25) is 0 Å². The molecule has 2 rings (SSSR count). The van der Waals surface area contributed by atoms with Crippen LogP contribution < -0.4 is 0 Å². The Morgan fingerprint density at radius 1 is 1.12 bits per heavy atom. The predicted molar refractivity (Wildman–Crippen MR) is 76.0 cm³/mol. The molecule has 90 valence electrons. The highest BCUT2D eigenvalue weighted by Crippen LogP contribution is 2.44. The lowest BCUT2D eigenvalue weighted by Gasteiger charge is -2.24. The van der Waals surface area contributed by atoms with Gasteiger partial charge in [-0.3, -0.25) is 0 Å². The van der Waals surface area contributed by atoms with Crippen LogP contribution in [0.25, 0.3) is 0 Å². The first-order valence-electron chi connectivity index (χ1n) is 6.11. The summed E-state index contributed by atoms with van der Waals surface area (Å²) in [6, 6.07) is 10.8. The van der Waals surface area contributed by atoms with Crippen molar-refractivity contribution in [2.75, 3.05) is 0 Å². The Morgan fingerprint density at radius 3 is 2.35 bits per heavy atom. The summed E-state index contributed by atoms with van der Waals surface area (Å²) in [7, 11) is 0. The molecule has 0 N–H and O–H groups in total. The van der Waals surface area contributed by atoms with Crippen LogP contribution in [0.4, 0.5) is 0 Å². The number of hydrogen-bond acceptors (Lipinski definition) is 2. The minimum absolute atomic E-state index is 0.208. The Labute approximate surface area is 116 Å². The van der Waals surface area contributed by atoms with E-state index in [9.17, 15) is 5.26 Å². The lowest BCUT2D eigenvalue weighted by atomic mass is 10.0. The van der Waals surface area contributed by atoms with E-state index >= 15 is 0 Å². The molecule has 3 heteroatoms. The normalized spacial score (nSPS) is 19.3. The summed E-state index contributed by atoms with van der Waals surface area (Å²) in [4.78, 5) is 1.19. The monoisotopic (exact) mass is 309 g/mol. The second-order valence-corrected chi connectivity index (χ2v) is 6.83. The minimum Gasteiger partial charge on any atom is -0.197 e. The highest BCUT2D eigenvalue weighted by Gasteiger charge is 2.32. The van der Waals surface area contributed by atoms with E-state index in [1.165, 1.54) is 30.6 Å². The average Bonchev–Trinajstić information content (AvgIpc) is 2.58. The van der Waals surface area contributed by atoms with Gasteiger partial charge in [0.25, 0.3) is 0 Å². The van der Waals surface area contributed by atoms with Crippen molar-refractivity contribution in [3.8, 4) is 6.07 Å². The number of nitriles is 1. The van der Waals surface area contributed by atoms with Gasteiger partial charge >= 0.3 is 0 Å². The van der Waals surface area contributed by atoms with Crippen molar-refractivity contribution in [3.63, 3.8) is 0 Å². The smallest absolute Gasteiger partial charge is 0.107 e. The number of rotatable bonds is 2. The van der Waals surface area contributed by atoms with Gasteiger partial charge in [-0.25, -0.2) is 0 Å². The van der Waals surface area contributed by atoms with Crippen LogP contribution in [0.3, 0.4) is 0 Å². The second-order valence-electron chi connectivity index (χ2n) is 4.55. The highest BCUT2D eigenvalue weighted by molar-refractivity contribution is 9.10. The van der Waals surface area contributed by atoms with Gasteiger partial charge in [-0.1, -0.05) is 37.8 Å². The van der Waals surface area contributed by atoms with Crippen molar-refractivity contribution in [1.29, 1.82) is 5.26 Å². The molecule has 1 aromatic carbocycles. The molecule has 0 radical (unpaired) electrons. The van der Waals surface area contributed by atoms with Crippen molar-refractivity contribution < 1.29 is 0 Å². The average molecular weight is 310 g/mol. The zero-order valence-electron chi connectivity index (χ0n) is 9.79. The summed E-state index contributed by atoms with van der Waals surface area (Å²) in [5.41, 5.74) is 0. The summed E-state index contributed by atoms with van der Waals surface area (Å²) < 4.78 is 0.893. The molecule has 0 aromatic heterocycles. The first kappa shape index (κ1) is 13.0. The number of nitrogens with zero attached hydrogens (tertiary/aromatic N) is 1. The molecule has 0 atom stereocenters. The van der Waals surface area contributed by atoms with Gasteiger partial charge in [0.05, 0.1) is 6.07 Å². The molecule has 1 aromatic rings. The van der Waals surface area contributed by atoms with Gasteiger partial charge in [-0.15, -0.1) is 11.8 Å². The van der Waals surface area contributed by atoms with Crippen LogP contribution >= 0.6 is 27.7 Å². The van der Waals surface area contributed by atoms with Gasteiger partial charge in [-0.05, 0) is 40.9 Å². The molecule has 1 aliphatic rings. The fraction of sp³-hybridized carbons (Fsp3) is 0.500. The molecule has 1 saturated carbocycles. The van der Waals surface area contributed by atoms with E-state index in [1.54, 1.807) is 11.8 Å². The number of halogens is 1. The zero-order valence-corrected chi connectivity index (χ0v) is 12.2. The summed E-state index contributed by atoms with van der Waals surface area (Å²) >= 11 is 5.31. The fourth-order valence-electron chi connectivity index (χ4n) is 2.27. The molecule has 0 amide bonds. The fourth-order valence-corrected chi connectivity index (χ4v) is 4.07. The SMILES string of the molecule is N#CC1(Sc2ccccc2Br)CCCCCC1. The van der Waals surface area contributed by atoms with Crippen molar-refractivity contribution in [2.24, 2.45) is 0 Å². The van der Waals surface area contributed by atoms with Crippen molar-refractivity contribution in [1.82, 2.24) is 0 Å². The molecule has 1 fully saturated rings. The summed E-state index contributed by atoms with van der Waals surface area (Å²) in [5.74, 6) is 0. The van der Waals surface area contributed by atoms with Crippen LogP contribution in [0.15, 0.2) is 33.6 Å². The number of hydrogen-bond donors (Lipinski definition) is 0. The molecular weight excluding hydrogens is 294 g/mol. The van der Waals surface area contributed by atoms with E-state index in [-0.39, 0.29) is 4.75 Å². The molecule has 1 aliphatic carbocycles. The van der Waals surface area contributed by atoms with E-state index in [2.05, 4.69) is 28.1 Å². The van der Waals surface area contributed by atoms with E-state index in [4.69, 9.17) is 0 Å². The Hall–Kier alpha value is -0.460. The molecular formula is C14H16BrNS. The molecule has 0 heterocycles. The summed E-state index contributed by atoms with van der Waals surface area (Å²) in [6.07, 6.45) is 6.97. The Balaban J connectivity index is 2.19. The van der Waals surface area contributed by atoms with E-state index in [0.717, 1.165) is 17.3 Å². The minimum atomic E-state index is -0.208. The molecule has 0 saturated heterocycles. The first-order chi connectivity index (χ1) is 8.26. The van der Waals surface area contributed by atoms with Crippen molar-refractivity contribution in [2.45, 2.75) is 48.2 Å². The zero-order chi connectivity index (χ0) is 12.1. The van der Waals surface area contributed by atoms with Crippen LogP contribution in [0.1, 0.15) is 38.5 Å². The first-order valence-corrected chi connectivity index (χ1v) is 7.71. The van der Waals surface area contributed by atoms with Gasteiger partial charge in [0, 0.05) is 9.37 Å². The summed E-state index contributed by atoms with van der Waals surface area (Å²) in [6.45, 7) is 0. The molecule has 17 heavy (non-hydrogen) atoms.